The van der Waals surface area contributed by atoms with Crippen molar-refractivity contribution >= 4 is 11.8 Å². The van der Waals surface area contributed by atoms with Crippen LogP contribution in [0.5, 0.6) is 5.75 Å². The number of hydrogen-bond acceptors (Lipinski definition) is 3. The maximum absolute atomic E-state index is 12.8. The van der Waals surface area contributed by atoms with Gasteiger partial charge in [0.2, 0.25) is 5.91 Å². The van der Waals surface area contributed by atoms with Crippen LogP contribution in [-0.4, -0.2) is 54.9 Å². The molecule has 1 saturated heterocycles. The summed E-state index contributed by atoms with van der Waals surface area (Å²) in [5.74, 6) is 0.781. The van der Waals surface area contributed by atoms with Crippen molar-refractivity contribution in [2.45, 2.75) is 19.8 Å². The molecule has 5 heteroatoms. The van der Waals surface area contributed by atoms with Crippen LogP contribution in [-0.2, 0) is 11.2 Å². The Balaban J connectivity index is 1.61. The van der Waals surface area contributed by atoms with Gasteiger partial charge in [0.15, 0.2) is 0 Å². The molecule has 0 aromatic heterocycles. The second kappa shape index (κ2) is 8.71. The highest BCUT2D eigenvalue weighted by molar-refractivity contribution is 5.94. The van der Waals surface area contributed by atoms with E-state index >= 15 is 0 Å². The zero-order chi connectivity index (χ0) is 19.2. The summed E-state index contributed by atoms with van der Waals surface area (Å²) in [6.07, 6.45) is 1.20. The van der Waals surface area contributed by atoms with E-state index in [2.05, 4.69) is 0 Å². The Hall–Kier alpha value is -2.82. The molecule has 1 fully saturated rings. The molecule has 3 rings (SSSR count). The number of rotatable bonds is 4. The van der Waals surface area contributed by atoms with Gasteiger partial charge in [0, 0.05) is 31.7 Å². The number of hydrogen-bond donors (Lipinski definition) is 0. The molecule has 0 atom stereocenters. The summed E-state index contributed by atoms with van der Waals surface area (Å²) in [6, 6.07) is 15.3. The quantitative estimate of drug-likeness (QED) is 0.836. The highest BCUT2D eigenvalue weighted by Crippen LogP contribution is 2.16. The molecule has 1 aliphatic heterocycles. The summed E-state index contributed by atoms with van der Waals surface area (Å²) in [6.45, 7) is 4.49. The number of ether oxygens (including phenoxy) is 1. The van der Waals surface area contributed by atoms with E-state index in [9.17, 15) is 9.59 Å². The third-order valence-electron chi connectivity index (χ3n) is 4.89. The van der Waals surface area contributed by atoms with E-state index in [1.165, 1.54) is 0 Å². The maximum atomic E-state index is 12.8. The van der Waals surface area contributed by atoms with Crippen molar-refractivity contribution in [3.05, 3.63) is 65.2 Å². The molecule has 0 radical (unpaired) electrons. The van der Waals surface area contributed by atoms with Crippen molar-refractivity contribution in [2.75, 3.05) is 33.3 Å². The van der Waals surface area contributed by atoms with Gasteiger partial charge >= 0.3 is 0 Å². The highest BCUT2D eigenvalue weighted by Gasteiger charge is 2.23. The van der Waals surface area contributed by atoms with Gasteiger partial charge in [0.05, 0.1) is 13.5 Å². The van der Waals surface area contributed by atoms with Gasteiger partial charge in [-0.05, 0) is 37.1 Å². The molecule has 27 heavy (non-hydrogen) atoms. The van der Waals surface area contributed by atoms with Crippen LogP contribution in [0.2, 0.25) is 0 Å². The molecule has 2 aromatic carbocycles. The van der Waals surface area contributed by atoms with Crippen LogP contribution >= 0.6 is 0 Å². The number of aryl methyl sites for hydroxylation is 1. The van der Waals surface area contributed by atoms with Gasteiger partial charge in [0.1, 0.15) is 5.75 Å². The Kier molecular flexibility index (Phi) is 6.12. The molecular formula is C22H26N2O3. The lowest BCUT2D eigenvalue weighted by molar-refractivity contribution is -0.130. The first-order chi connectivity index (χ1) is 13.1. The Morgan fingerprint density at radius 3 is 2.48 bits per heavy atom. The fourth-order valence-electron chi connectivity index (χ4n) is 3.42. The number of carbonyl (C=O) groups is 2. The SMILES string of the molecule is COc1cccc(C(=O)N2CCCN(C(=O)Cc3cccc(C)c3)CC2)c1. The summed E-state index contributed by atoms with van der Waals surface area (Å²) in [4.78, 5) is 29.2. The average Bonchev–Trinajstić information content (AvgIpc) is 2.94. The summed E-state index contributed by atoms with van der Waals surface area (Å²) in [7, 11) is 1.59. The minimum atomic E-state index is -0.0121. The molecule has 0 spiro atoms. The predicted octanol–water partition coefficient (Wildman–Crippen LogP) is 2.92. The van der Waals surface area contributed by atoms with Gasteiger partial charge in [-0.1, -0.05) is 35.9 Å². The first kappa shape index (κ1) is 19.0. The fourth-order valence-corrected chi connectivity index (χ4v) is 3.42. The van der Waals surface area contributed by atoms with E-state index in [1.807, 2.05) is 53.1 Å². The summed E-state index contributed by atoms with van der Waals surface area (Å²) >= 11 is 0. The second-order valence-corrected chi connectivity index (χ2v) is 6.92. The van der Waals surface area contributed by atoms with E-state index in [0.29, 0.717) is 43.9 Å². The number of methoxy groups -OCH3 is 1. The molecule has 2 amide bonds. The van der Waals surface area contributed by atoms with Gasteiger partial charge in [-0.3, -0.25) is 9.59 Å². The molecule has 0 N–H and O–H groups in total. The standard InChI is InChI=1S/C22H26N2O3/c1-17-6-3-7-18(14-17)15-21(25)23-10-5-11-24(13-12-23)22(26)19-8-4-9-20(16-19)27-2/h3-4,6-9,14,16H,5,10-13,15H2,1-2H3. The largest absolute Gasteiger partial charge is 0.497 e. The monoisotopic (exact) mass is 366 g/mol. The number of amides is 2. The molecule has 0 aliphatic carbocycles. The van der Waals surface area contributed by atoms with Crippen LogP contribution in [0.3, 0.4) is 0 Å². The van der Waals surface area contributed by atoms with Crippen LogP contribution in [0.4, 0.5) is 0 Å². The summed E-state index contributed by atoms with van der Waals surface area (Å²) in [5.41, 5.74) is 2.81. The third kappa shape index (κ3) is 4.88. The molecule has 0 saturated carbocycles. The topological polar surface area (TPSA) is 49.9 Å². The highest BCUT2D eigenvalue weighted by atomic mass is 16.5. The molecule has 2 aromatic rings. The van der Waals surface area contributed by atoms with Crippen molar-refractivity contribution in [2.24, 2.45) is 0 Å². The Labute approximate surface area is 160 Å². The molecule has 0 bridgehead atoms. The predicted molar refractivity (Wildman–Crippen MR) is 105 cm³/mol. The van der Waals surface area contributed by atoms with Gasteiger partial charge in [-0.15, -0.1) is 0 Å². The second-order valence-electron chi connectivity index (χ2n) is 6.92. The number of nitrogens with zero attached hydrogens (tertiary/aromatic N) is 2. The van der Waals surface area contributed by atoms with Crippen molar-refractivity contribution in [1.82, 2.24) is 9.80 Å². The Morgan fingerprint density at radius 2 is 1.70 bits per heavy atom. The van der Waals surface area contributed by atoms with E-state index in [1.54, 1.807) is 19.2 Å². The number of carbonyl (C=O) groups excluding carboxylic acids is 2. The first-order valence-corrected chi connectivity index (χ1v) is 9.33. The molecule has 142 valence electrons. The van der Waals surface area contributed by atoms with Gasteiger partial charge in [0.25, 0.3) is 5.91 Å². The number of benzene rings is 2. The lowest BCUT2D eigenvalue weighted by Crippen LogP contribution is -2.38. The molecule has 0 unspecified atom stereocenters. The molecular weight excluding hydrogens is 340 g/mol. The molecule has 5 nitrogen and oxygen atoms in total. The van der Waals surface area contributed by atoms with E-state index in [0.717, 1.165) is 17.5 Å². The normalized spacial score (nSPS) is 14.6. The average molecular weight is 366 g/mol. The van der Waals surface area contributed by atoms with Crippen molar-refractivity contribution in [1.29, 1.82) is 0 Å². The maximum Gasteiger partial charge on any atom is 0.254 e. The van der Waals surface area contributed by atoms with E-state index in [-0.39, 0.29) is 11.8 Å². The summed E-state index contributed by atoms with van der Waals surface area (Å²) in [5, 5.41) is 0. The zero-order valence-electron chi connectivity index (χ0n) is 16.0. The first-order valence-electron chi connectivity index (χ1n) is 9.33. The molecule has 1 aliphatic rings. The smallest absolute Gasteiger partial charge is 0.254 e. The minimum absolute atomic E-state index is 0.0121. The van der Waals surface area contributed by atoms with Gasteiger partial charge in [-0.25, -0.2) is 0 Å². The van der Waals surface area contributed by atoms with E-state index < -0.39 is 0 Å². The van der Waals surface area contributed by atoms with Gasteiger partial charge in [-0.2, -0.15) is 0 Å². The summed E-state index contributed by atoms with van der Waals surface area (Å²) < 4.78 is 5.21. The fraction of sp³-hybridized carbons (Fsp3) is 0.364. The van der Waals surface area contributed by atoms with Crippen molar-refractivity contribution in [3.8, 4) is 5.75 Å². The minimum Gasteiger partial charge on any atom is -0.497 e. The van der Waals surface area contributed by atoms with Crippen LogP contribution in [0.25, 0.3) is 0 Å². The van der Waals surface area contributed by atoms with Crippen molar-refractivity contribution < 1.29 is 14.3 Å². The van der Waals surface area contributed by atoms with Crippen LogP contribution in [0.15, 0.2) is 48.5 Å². The van der Waals surface area contributed by atoms with Crippen LogP contribution in [0, 0.1) is 6.92 Å². The van der Waals surface area contributed by atoms with Crippen LogP contribution in [0.1, 0.15) is 27.9 Å². The Bertz CT molecular complexity index is 819. The van der Waals surface area contributed by atoms with Crippen LogP contribution < -0.4 is 4.74 Å². The molecule has 1 heterocycles. The van der Waals surface area contributed by atoms with E-state index in [4.69, 9.17) is 4.74 Å². The Morgan fingerprint density at radius 1 is 0.963 bits per heavy atom. The lowest BCUT2D eigenvalue weighted by atomic mass is 10.1. The van der Waals surface area contributed by atoms with Gasteiger partial charge < -0.3 is 14.5 Å². The zero-order valence-corrected chi connectivity index (χ0v) is 16.0. The third-order valence-corrected chi connectivity index (χ3v) is 4.89. The lowest BCUT2D eigenvalue weighted by Gasteiger charge is -2.22. The van der Waals surface area contributed by atoms with Crippen molar-refractivity contribution in [3.63, 3.8) is 0 Å².